The Bertz CT molecular complexity index is 3520. The van der Waals surface area contributed by atoms with Crippen LogP contribution in [0.2, 0.25) is 0 Å². The summed E-state index contributed by atoms with van der Waals surface area (Å²) in [6, 6.07) is 50.8. The van der Waals surface area contributed by atoms with Crippen molar-refractivity contribution < 1.29 is 17.1 Å². The Kier molecular flexibility index (Phi) is 6.67. The normalized spacial score (nSPS) is 12.9. The van der Waals surface area contributed by atoms with E-state index in [1.165, 1.54) is 0 Å². The molecular formula is C53H33N3O2. The Morgan fingerprint density at radius 2 is 0.845 bits per heavy atom. The predicted molar refractivity (Wildman–Crippen MR) is 235 cm³/mol. The highest BCUT2D eigenvalue weighted by Gasteiger charge is 2.18. The molecule has 0 aliphatic heterocycles. The smallest absolute Gasteiger partial charge is 0.199 e. The maximum atomic E-state index is 9.67. The summed E-state index contributed by atoms with van der Waals surface area (Å²) in [4.78, 5) is 14.4. The number of hydrogen-bond donors (Lipinski definition) is 0. The number of hydrogen-bond acceptors (Lipinski definition) is 5. The van der Waals surface area contributed by atoms with Crippen molar-refractivity contribution >= 4 is 32.9 Å². The summed E-state index contributed by atoms with van der Waals surface area (Å²) in [5.74, 6) is 0.717. The number of aromatic nitrogens is 3. The van der Waals surface area contributed by atoms with E-state index in [0.717, 1.165) is 38.8 Å². The molecule has 0 saturated carbocycles. The second-order valence-corrected chi connectivity index (χ2v) is 13.9. The van der Waals surface area contributed by atoms with E-state index in [1.807, 2.05) is 158 Å². The Morgan fingerprint density at radius 3 is 1.50 bits per heavy atom. The highest BCUT2D eigenvalue weighted by atomic mass is 16.3. The van der Waals surface area contributed by atoms with Crippen molar-refractivity contribution in [2.45, 2.75) is 0 Å². The fraction of sp³-hybridized carbons (Fsp3) is 0. The zero-order chi connectivity index (χ0) is 43.6. The van der Waals surface area contributed by atoms with E-state index in [-0.39, 0.29) is 86.8 Å². The molecular weight excluding hydrogens is 711 g/mol. The summed E-state index contributed by atoms with van der Waals surface area (Å²) in [5.41, 5.74) is 7.29. The van der Waals surface area contributed by atoms with Crippen molar-refractivity contribution in [3.63, 3.8) is 0 Å². The van der Waals surface area contributed by atoms with Crippen LogP contribution in [0.15, 0.2) is 209 Å². The van der Waals surface area contributed by atoms with Crippen LogP contribution in [-0.2, 0) is 0 Å². The van der Waals surface area contributed by atoms with Gasteiger partial charge in [-0.05, 0) is 99.0 Å². The zero-order valence-corrected chi connectivity index (χ0v) is 30.7. The van der Waals surface area contributed by atoms with Crippen LogP contribution in [0.5, 0.6) is 0 Å². The van der Waals surface area contributed by atoms with E-state index < -0.39 is 0 Å². The largest absolute Gasteiger partial charge is 0.456 e. The van der Waals surface area contributed by atoms with E-state index in [0.29, 0.717) is 22.5 Å². The van der Waals surface area contributed by atoms with Crippen LogP contribution in [0.3, 0.4) is 0 Å². The molecule has 0 aliphatic rings. The van der Waals surface area contributed by atoms with E-state index >= 15 is 0 Å². The molecule has 0 fully saturated rings. The number of furan rings is 2. The van der Waals surface area contributed by atoms with Gasteiger partial charge >= 0.3 is 0 Å². The molecule has 11 rings (SSSR count). The van der Waals surface area contributed by atoms with Crippen LogP contribution in [0.1, 0.15) is 8.22 Å². The molecule has 0 amide bonds. The van der Waals surface area contributed by atoms with Crippen molar-refractivity contribution in [1.82, 2.24) is 15.0 Å². The lowest BCUT2D eigenvalue weighted by molar-refractivity contribution is 0.625. The first kappa shape index (κ1) is 27.7. The number of para-hydroxylation sites is 1. The van der Waals surface area contributed by atoms with Gasteiger partial charge in [-0.1, -0.05) is 146 Å². The van der Waals surface area contributed by atoms with E-state index in [2.05, 4.69) is 6.07 Å². The van der Waals surface area contributed by atoms with Gasteiger partial charge in [-0.15, -0.1) is 0 Å². The average Bonchev–Trinajstić information content (AvgIpc) is 3.98. The molecule has 0 spiro atoms. The lowest BCUT2D eigenvalue weighted by atomic mass is 9.93. The average molecular weight is 750 g/mol. The van der Waals surface area contributed by atoms with E-state index in [1.54, 1.807) is 0 Å². The molecule has 0 aliphatic carbocycles. The molecule has 0 N–H and O–H groups in total. The first-order chi connectivity index (χ1) is 31.2. The van der Waals surface area contributed by atoms with Gasteiger partial charge in [0.2, 0.25) is 0 Å². The summed E-state index contributed by atoms with van der Waals surface area (Å²) >= 11 is 0. The van der Waals surface area contributed by atoms with Crippen molar-refractivity contribution in [2.75, 3.05) is 0 Å². The Labute approximate surface area is 343 Å². The summed E-state index contributed by atoms with van der Waals surface area (Å²) in [7, 11) is 0. The van der Waals surface area contributed by atoms with Gasteiger partial charge < -0.3 is 8.83 Å². The van der Waals surface area contributed by atoms with Crippen LogP contribution in [0.25, 0.3) is 112 Å². The first-order valence-electron chi connectivity index (χ1n) is 21.8. The van der Waals surface area contributed by atoms with Gasteiger partial charge in [-0.3, -0.25) is 0 Å². The molecule has 0 atom stereocenters. The summed E-state index contributed by atoms with van der Waals surface area (Å²) in [6.07, 6.45) is 0. The van der Waals surface area contributed by atoms with Gasteiger partial charge in [0.15, 0.2) is 23.2 Å². The highest BCUT2D eigenvalue weighted by molar-refractivity contribution is 6.07. The zero-order valence-electron chi connectivity index (χ0n) is 36.7. The van der Waals surface area contributed by atoms with E-state index in [9.17, 15) is 8.22 Å². The van der Waals surface area contributed by atoms with Gasteiger partial charge in [0.1, 0.15) is 16.7 Å². The van der Waals surface area contributed by atoms with Crippen molar-refractivity contribution in [2.24, 2.45) is 0 Å². The van der Waals surface area contributed by atoms with Crippen LogP contribution >= 0.6 is 0 Å². The molecule has 58 heavy (non-hydrogen) atoms. The molecule has 5 heteroatoms. The van der Waals surface area contributed by atoms with Gasteiger partial charge in [0.05, 0.1) is 8.22 Å². The van der Waals surface area contributed by atoms with Crippen molar-refractivity contribution in [3.05, 3.63) is 200 Å². The molecule has 5 nitrogen and oxygen atoms in total. The molecule has 0 unspecified atom stereocenters. The first-order valence-corrected chi connectivity index (χ1v) is 18.8. The fourth-order valence-electron chi connectivity index (χ4n) is 7.28. The quantitative estimate of drug-likeness (QED) is 0.162. The topological polar surface area (TPSA) is 65.0 Å². The third-order valence-electron chi connectivity index (χ3n) is 10.2. The van der Waals surface area contributed by atoms with Crippen LogP contribution < -0.4 is 0 Å². The predicted octanol–water partition coefficient (Wildman–Crippen LogP) is 14.2. The molecule has 11 aromatic rings. The van der Waals surface area contributed by atoms with Crippen LogP contribution in [0.4, 0.5) is 0 Å². The lowest BCUT2D eigenvalue weighted by Gasteiger charge is -2.11. The number of fused-ring (bicyclic) bond motifs is 4. The lowest BCUT2D eigenvalue weighted by Crippen LogP contribution is -1.99. The third-order valence-corrected chi connectivity index (χ3v) is 10.2. The summed E-state index contributed by atoms with van der Waals surface area (Å²) < 4.78 is 69.1. The fourth-order valence-corrected chi connectivity index (χ4v) is 7.28. The monoisotopic (exact) mass is 749 g/mol. The maximum Gasteiger partial charge on any atom is 0.199 e. The minimum Gasteiger partial charge on any atom is -0.456 e. The minimum atomic E-state index is -0.368. The molecule has 272 valence electrons. The SMILES string of the molecule is [2H]c1c(-c2cc(-c3ccccc3)cc(-c3ccccc3)c2)c([2H])c2c(oc3c([2H])c(-c4nc(-c5ccc(-c6ccccc6)cc5)nc(-c5cc6ccccc6o5)n4)c([2H])c([2H])c32)c1[2H]. The van der Waals surface area contributed by atoms with Gasteiger partial charge in [0.25, 0.3) is 0 Å². The molecule has 3 heterocycles. The Balaban J connectivity index is 1.11. The van der Waals surface area contributed by atoms with Gasteiger partial charge in [-0.2, -0.15) is 0 Å². The van der Waals surface area contributed by atoms with Crippen LogP contribution in [-0.4, -0.2) is 15.0 Å². The Hall–Kier alpha value is -7.89. The van der Waals surface area contributed by atoms with Gasteiger partial charge in [-0.25, -0.2) is 15.0 Å². The highest BCUT2D eigenvalue weighted by Crippen LogP contribution is 2.38. The summed E-state index contributed by atoms with van der Waals surface area (Å²) in [6.45, 7) is 0. The number of rotatable bonds is 7. The molecule has 0 radical (unpaired) electrons. The molecule has 0 saturated heterocycles. The number of benzene rings is 8. The maximum absolute atomic E-state index is 9.67. The van der Waals surface area contributed by atoms with E-state index in [4.69, 9.17) is 23.8 Å². The minimum absolute atomic E-state index is 0.0271. The Morgan fingerprint density at radius 1 is 0.328 bits per heavy atom. The van der Waals surface area contributed by atoms with Crippen LogP contribution in [0, 0.1) is 0 Å². The van der Waals surface area contributed by atoms with Gasteiger partial charge in [0, 0.05) is 27.3 Å². The second-order valence-electron chi connectivity index (χ2n) is 13.9. The van der Waals surface area contributed by atoms with Crippen molar-refractivity contribution in [1.29, 1.82) is 0 Å². The standard InChI is InChI=1S/C53H33N3O2/c1-4-12-34(13-5-1)37-20-22-38(23-21-37)51-54-52(56-53(55-51)50-32-40-18-10-11-19-47(40)57-50)41-24-26-45-46-31-39(25-27-48(46)58-49(45)33-41)44-29-42(35-14-6-2-7-15-35)28-43(30-44)36-16-8-3-9-17-36/h1-33H/i24D,25D,26D,27D,31D,33D. The molecule has 0 bridgehead atoms. The second kappa shape index (κ2) is 14.0. The number of nitrogens with zero attached hydrogens (tertiary/aromatic N) is 3. The molecule has 3 aromatic heterocycles. The molecule has 8 aromatic carbocycles. The van der Waals surface area contributed by atoms with Crippen molar-refractivity contribution in [3.8, 4) is 78.9 Å². The summed E-state index contributed by atoms with van der Waals surface area (Å²) in [5, 5.41) is 0.939. The third kappa shape index (κ3) is 6.21.